The summed E-state index contributed by atoms with van der Waals surface area (Å²) in [4.78, 5) is 23.7. The lowest BCUT2D eigenvalue weighted by atomic mass is 9.74. The van der Waals surface area contributed by atoms with Gasteiger partial charge in [0.2, 0.25) is 5.89 Å². The van der Waals surface area contributed by atoms with Crippen LogP contribution >= 0.6 is 0 Å². The SMILES string of the molecule is Cc1cc(C(=O)N2CCCC(CC3CC3)(c3noc(C)n3)C2)ccn1. The van der Waals surface area contributed by atoms with Crippen molar-refractivity contribution < 1.29 is 9.32 Å². The van der Waals surface area contributed by atoms with Gasteiger partial charge in [0.05, 0.1) is 5.41 Å². The van der Waals surface area contributed by atoms with Gasteiger partial charge in [-0.3, -0.25) is 9.78 Å². The third-order valence-corrected chi connectivity index (χ3v) is 5.39. The summed E-state index contributed by atoms with van der Waals surface area (Å²) in [5.74, 6) is 2.18. The number of hydrogen-bond donors (Lipinski definition) is 0. The predicted octanol–water partition coefficient (Wildman–Crippen LogP) is 3.06. The quantitative estimate of drug-likeness (QED) is 0.855. The Kier molecular flexibility index (Phi) is 4.06. The van der Waals surface area contributed by atoms with Crippen LogP contribution in [0.15, 0.2) is 22.9 Å². The van der Waals surface area contributed by atoms with Crippen LogP contribution in [-0.2, 0) is 5.41 Å². The number of nitrogens with zero attached hydrogens (tertiary/aromatic N) is 4. The molecule has 6 nitrogen and oxygen atoms in total. The highest BCUT2D eigenvalue weighted by molar-refractivity contribution is 5.94. The molecule has 1 amide bonds. The topological polar surface area (TPSA) is 72.1 Å². The molecular weight excluding hydrogens is 316 g/mol. The highest BCUT2D eigenvalue weighted by Crippen LogP contribution is 2.45. The number of amides is 1. The summed E-state index contributed by atoms with van der Waals surface area (Å²) in [5.41, 5.74) is 1.40. The zero-order chi connectivity index (χ0) is 17.4. The second-order valence-corrected chi connectivity index (χ2v) is 7.58. The molecule has 6 heteroatoms. The molecule has 0 aromatic carbocycles. The lowest BCUT2D eigenvalue weighted by Crippen LogP contribution is -2.49. The van der Waals surface area contributed by atoms with Crippen LogP contribution in [0.4, 0.5) is 0 Å². The van der Waals surface area contributed by atoms with Gasteiger partial charge < -0.3 is 9.42 Å². The van der Waals surface area contributed by atoms with Gasteiger partial charge in [-0.2, -0.15) is 4.98 Å². The zero-order valence-corrected chi connectivity index (χ0v) is 14.9. The van der Waals surface area contributed by atoms with Crippen LogP contribution in [0, 0.1) is 19.8 Å². The molecular formula is C19H24N4O2. The normalized spacial score (nSPS) is 23.7. The van der Waals surface area contributed by atoms with Crippen molar-refractivity contribution in [3.8, 4) is 0 Å². The van der Waals surface area contributed by atoms with Crippen molar-refractivity contribution >= 4 is 5.91 Å². The van der Waals surface area contributed by atoms with Crippen molar-refractivity contribution in [3.63, 3.8) is 0 Å². The van der Waals surface area contributed by atoms with Crippen molar-refractivity contribution in [1.82, 2.24) is 20.0 Å². The number of hydrogen-bond acceptors (Lipinski definition) is 5. The van der Waals surface area contributed by atoms with E-state index < -0.39 is 0 Å². The van der Waals surface area contributed by atoms with Gasteiger partial charge in [-0.05, 0) is 44.2 Å². The van der Waals surface area contributed by atoms with E-state index in [2.05, 4.69) is 15.1 Å². The van der Waals surface area contributed by atoms with Crippen molar-refractivity contribution in [1.29, 1.82) is 0 Å². The summed E-state index contributed by atoms with van der Waals surface area (Å²) < 4.78 is 5.27. The van der Waals surface area contributed by atoms with E-state index in [1.165, 1.54) is 12.8 Å². The Morgan fingerprint density at radius 1 is 1.40 bits per heavy atom. The van der Waals surface area contributed by atoms with E-state index in [1.54, 1.807) is 12.3 Å². The first-order valence-electron chi connectivity index (χ1n) is 9.08. The Balaban J connectivity index is 1.61. The van der Waals surface area contributed by atoms with E-state index in [1.807, 2.05) is 24.8 Å². The van der Waals surface area contributed by atoms with Crippen LogP contribution in [0.25, 0.3) is 0 Å². The maximum absolute atomic E-state index is 13.0. The molecule has 1 aliphatic heterocycles. The maximum Gasteiger partial charge on any atom is 0.254 e. The van der Waals surface area contributed by atoms with Crippen LogP contribution in [0.1, 0.15) is 59.9 Å². The molecule has 1 atom stereocenters. The molecule has 0 radical (unpaired) electrons. The van der Waals surface area contributed by atoms with Crippen LogP contribution < -0.4 is 0 Å². The highest BCUT2D eigenvalue weighted by atomic mass is 16.5. The second-order valence-electron chi connectivity index (χ2n) is 7.58. The van der Waals surface area contributed by atoms with Gasteiger partial charge >= 0.3 is 0 Å². The molecule has 25 heavy (non-hydrogen) atoms. The molecule has 1 aliphatic carbocycles. The summed E-state index contributed by atoms with van der Waals surface area (Å²) in [6.45, 7) is 5.19. The first kappa shape index (κ1) is 16.2. The van der Waals surface area contributed by atoms with Crippen molar-refractivity contribution in [2.75, 3.05) is 13.1 Å². The maximum atomic E-state index is 13.0. The van der Waals surface area contributed by atoms with Crippen LogP contribution in [-0.4, -0.2) is 39.0 Å². The minimum atomic E-state index is -0.172. The van der Waals surface area contributed by atoms with Crippen LogP contribution in [0.5, 0.6) is 0 Å². The summed E-state index contributed by atoms with van der Waals surface area (Å²) in [6, 6.07) is 3.66. The predicted molar refractivity (Wildman–Crippen MR) is 92.2 cm³/mol. The molecule has 2 fully saturated rings. The van der Waals surface area contributed by atoms with Gasteiger partial charge in [0.15, 0.2) is 5.82 Å². The van der Waals surface area contributed by atoms with Crippen LogP contribution in [0.3, 0.4) is 0 Å². The highest BCUT2D eigenvalue weighted by Gasteiger charge is 2.45. The number of likely N-dealkylation sites (tertiary alicyclic amines) is 1. The molecule has 1 unspecified atom stereocenters. The van der Waals surface area contributed by atoms with Gasteiger partial charge in [0.25, 0.3) is 5.91 Å². The van der Waals surface area contributed by atoms with Gasteiger partial charge in [0, 0.05) is 37.5 Å². The largest absolute Gasteiger partial charge is 0.340 e. The van der Waals surface area contributed by atoms with E-state index >= 15 is 0 Å². The van der Waals surface area contributed by atoms with Crippen LogP contribution in [0.2, 0.25) is 0 Å². The fourth-order valence-electron chi connectivity index (χ4n) is 4.00. The molecule has 2 aromatic rings. The molecule has 0 spiro atoms. The first-order valence-corrected chi connectivity index (χ1v) is 9.08. The number of rotatable bonds is 4. The van der Waals surface area contributed by atoms with Gasteiger partial charge in [0.1, 0.15) is 0 Å². The average molecular weight is 340 g/mol. The molecule has 2 aromatic heterocycles. The second kappa shape index (κ2) is 6.24. The Bertz CT molecular complexity index is 783. The monoisotopic (exact) mass is 340 g/mol. The summed E-state index contributed by atoms with van der Waals surface area (Å²) in [5, 5.41) is 4.24. The standard InChI is InChI=1S/C19H24N4O2/c1-13-10-16(6-8-20-13)17(24)23-9-3-7-19(12-23,11-15-4-5-15)18-21-14(2)25-22-18/h6,8,10,15H,3-5,7,9,11-12H2,1-2H3. The minimum Gasteiger partial charge on any atom is -0.340 e. The summed E-state index contributed by atoms with van der Waals surface area (Å²) in [7, 11) is 0. The van der Waals surface area contributed by atoms with E-state index in [-0.39, 0.29) is 11.3 Å². The number of carbonyl (C=O) groups excluding carboxylic acids is 1. The van der Waals surface area contributed by atoms with Crippen molar-refractivity contribution in [2.45, 2.75) is 51.4 Å². The lowest BCUT2D eigenvalue weighted by Gasteiger charge is -2.41. The van der Waals surface area contributed by atoms with E-state index in [0.29, 0.717) is 18.0 Å². The summed E-state index contributed by atoms with van der Waals surface area (Å²) in [6.07, 6.45) is 7.28. The van der Waals surface area contributed by atoms with E-state index in [0.717, 1.165) is 43.2 Å². The lowest BCUT2D eigenvalue weighted by molar-refractivity contribution is 0.0607. The molecule has 132 valence electrons. The average Bonchev–Trinajstić information content (AvgIpc) is 3.30. The third-order valence-electron chi connectivity index (χ3n) is 5.39. The van der Waals surface area contributed by atoms with Gasteiger partial charge in [-0.15, -0.1) is 0 Å². The Morgan fingerprint density at radius 3 is 2.92 bits per heavy atom. The fraction of sp³-hybridized carbons (Fsp3) is 0.579. The summed E-state index contributed by atoms with van der Waals surface area (Å²) >= 11 is 0. The zero-order valence-electron chi connectivity index (χ0n) is 14.9. The number of pyridine rings is 1. The molecule has 0 bridgehead atoms. The van der Waals surface area contributed by atoms with Gasteiger partial charge in [-0.1, -0.05) is 18.0 Å². The number of aryl methyl sites for hydroxylation is 2. The Labute approximate surface area is 147 Å². The third kappa shape index (κ3) is 3.30. The van der Waals surface area contributed by atoms with Crippen molar-refractivity contribution in [3.05, 3.63) is 41.3 Å². The van der Waals surface area contributed by atoms with Crippen molar-refractivity contribution in [2.24, 2.45) is 5.92 Å². The molecule has 1 saturated heterocycles. The molecule has 1 saturated carbocycles. The number of carbonyl (C=O) groups is 1. The minimum absolute atomic E-state index is 0.0746. The van der Waals surface area contributed by atoms with Gasteiger partial charge in [-0.25, -0.2) is 0 Å². The fourth-order valence-corrected chi connectivity index (χ4v) is 4.00. The number of piperidine rings is 1. The molecule has 2 aliphatic rings. The Morgan fingerprint density at radius 2 is 2.24 bits per heavy atom. The molecule has 0 N–H and O–H groups in total. The smallest absolute Gasteiger partial charge is 0.254 e. The first-order chi connectivity index (χ1) is 12.1. The molecule has 3 heterocycles. The van der Waals surface area contributed by atoms with E-state index in [4.69, 9.17) is 4.52 Å². The number of aromatic nitrogens is 3. The van der Waals surface area contributed by atoms with E-state index in [9.17, 15) is 4.79 Å². The molecule has 4 rings (SSSR count). The Hall–Kier alpha value is -2.24.